The van der Waals surface area contributed by atoms with Crippen molar-refractivity contribution in [1.29, 1.82) is 0 Å². The van der Waals surface area contributed by atoms with E-state index in [9.17, 15) is 12.8 Å². The van der Waals surface area contributed by atoms with Gasteiger partial charge in [-0.05, 0) is 55.3 Å². The zero-order valence-electron chi connectivity index (χ0n) is 15.0. The van der Waals surface area contributed by atoms with E-state index >= 15 is 0 Å². The molecule has 0 aliphatic heterocycles. The molecule has 1 atom stereocenters. The van der Waals surface area contributed by atoms with Gasteiger partial charge in [-0.1, -0.05) is 30.3 Å². The molecule has 0 saturated heterocycles. The molecule has 2 aromatic carbocycles. The Balaban J connectivity index is 1.72. The quantitative estimate of drug-likeness (QED) is 0.655. The van der Waals surface area contributed by atoms with Gasteiger partial charge in [0, 0.05) is 6.04 Å². The van der Waals surface area contributed by atoms with Gasteiger partial charge in [-0.15, -0.1) is 0 Å². The lowest BCUT2D eigenvalue weighted by Crippen LogP contribution is -2.15. The van der Waals surface area contributed by atoms with Gasteiger partial charge in [0.1, 0.15) is 11.6 Å². The van der Waals surface area contributed by atoms with Crippen LogP contribution in [0.1, 0.15) is 24.1 Å². The number of sulfonamides is 1. The molecule has 0 amide bonds. The molecule has 1 unspecified atom stereocenters. The van der Waals surface area contributed by atoms with Crippen LogP contribution in [0.15, 0.2) is 71.8 Å². The summed E-state index contributed by atoms with van der Waals surface area (Å²) in [7, 11) is -3.84. The first kappa shape index (κ1) is 18.8. The van der Waals surface area contributed by atoms with Crippen LogP contribution in [0.5, 0.6) is 0 Å². The molecule has 2 N–H and O–H groups in total. The third-order valence-corrected chi connectivity index (χ3v) is 5.63. The molecule has 0 radical (unpaired) electrons. The molecule has 0 aliphatic carbocycles. The van der Waals surface area contributed by atoms with Crippen molar-refractivity contribution in [3.8, 4) is 0 Å². The average molecular weight is 385 g/mol. The summed E-state index contributed by atoms with van der Waals surface area (Å²) in [5.41, 5.74) is 2.24. The molecule has 1 aromatic heterocycles. The second-order valence-electron chi connectivity index (χ2n) is 6.22. The predicted octanol–water partition coefficient (Wildman–Crippen LogP) is 4.50. The highest BCUT2D eigenvalue weighted by Gasteiger charge is 2.18. The Hall–Kier alpha value is -2.93. The fraction of sp³-hybridized carbons (Fsp3) is 0.150. The van der Waals surface area contributed by atoms with Crippen LogP contribution >= 0.6 is 0 Å². The van der Waals surface area contributed by atoms with Gasteiger partial charge >= 0.3 is 0 Å². The molecule has 140 valence electrons. The van der Waals surface area contributed by atoms with Crippen molar-refractivity contribution >= 4 is 21.5 Å². The number of pyridine rings is 1. The van der Waals surface area contributed by atoms with Gasteiger partial charge in [0.25, 0.3) is 10.0 Å². The van der Waals surface area contributed by atoms with Gasteiger partial charge in [-0.2, -0.15) is 0 Å². The van der Waals surface area contributed by atoms with Crippen molar-refractivity contribution in [2.45, 2.75) is 24.8 Å². The maximum Gasteiger partial charge on any atom is 0.263 e. The Morgan fingerprint density at radius 2 is 1.78 bits per heavy atom. The second-order valence-corrected chi connectivity index (χ2v) is 7.87. The molecular formula is C20H20FN3O2S. The van der Waals surface area contributed by atoms with E-state index in [0.29, 0.717) is 5.56 Å². The Labute approximate surface area is 158 Å². The Kier molecular flexibility index (Phi) is 5.41. The minimum absolute atomic E-state index is 0.0191. The third kappa shape index (κ3) is 4.62. The van der Waals surface area contributed by atoms with Crippen molar-refractivity contribution in [2.24, 2.45) is 0 Å². The predicted molar refractivity (Wildman–Crippen MR) is 105 cm³/mol. The summed E-state index contributed by atoms with van der Waals surface area (Å²) in [5, 5.41) is 3.31. The van der Waals surface area contributed by atoms with E-state index in [-0.39, 0.29) is 16.8 Å². The zero-order valence-corrected chi connectivity index (χ0v) is 15.8. The number of benzene rings is 2. The van der Waals surface area contributed by atoms with Crippen LogP contribution in [0.4, 0.5) is 15.9 Å². The topological polar surface area (TPSA) is 71.1 Å². The molecule has 3 rings (SSSR count). The van der Waals surface area contributed by atoms with E-state index in [1.54, 1.807) is 25.3 Å². The van der Waals surface area contributed by atoms with Crippen molar-refractivity contribution in [2.75, 3.05) is 10.0 Å². The normalized spacial score (nSPS) is 12.4. The minimum Gasteiger partial charge on any atom is -0.377 e. The fourth-order valence-corrected chi connectivity index (χ4v) is 3.96. The Bertz CT molecular complexity index is 1020. The monoisotopic (exact) mass is 385 g/mol. The molecule has 0 spiro atoms. The van der Waals surface area contributed by atoms with E-state index in [4.69, 9.17) is 0 Å². The van der Waals surface area contributed by atoms with E-state index < -0.39 is 15.8 Å². The molecule has 7 heteroatoms. The summed E-state index contributed by atoms with van der Waals surface area (Å²) >= 11 is 0. The van der Waals surface area contributed by atoms with Crippen molar-refractivity contribution in [1.82, 2.24) is 4.98 Å². The van der Waals surface area contributed by atoms with Crippen LogP contribution in [0, 0.1) is 12.7 Å². The molecule has 3 aromatic rings. The lowest BCUT2D eigenvalue weighted by atomic mass is 10.1. The van der Waals surface area contributed by atoms with Gasteiger partial charge < -0.3 is 5.32 Å². The van der Waals surface area contributed by atoms with Crippen molar-refractivity contribution < 1.29 is 12.8 Å². The molecule has 0 fully saturated rings. The largest absolute Gasteiger partial charge is 0.377 e. The molecule has 0 aliphatic rings. The second kappa shape index (κ2) is 7.75. The van der Waals surface area contributed by atoms with E-state index in [1.165, 1.54) is 12.1 Å². The number of rotatable bonds is 6. The number of hydrogen-bond acceptors (Lipinski definition) is 4. The smallest absolute Gasteiger partial charge is 0.263 e. The van der Waals surface area contributed by atoms with Gasteiger partial charge in [-0.25, -0.2) is 17.8 Å². The third-order valence-electron chi connectivity index (χ3n) is 4.11. The summed E-state index contributed by atoms with van der Waals surface area (Å²) in [4.78, 5) is 4.18. The lowest BCUT2D eigenvalue weighted by Gasteiger charge is -2.16. The van der Waals surface area contributed by atoms with Gasteiger partial charge in [0.15, 0.2) is 0 Å². The summed E-state index contributed by atoms with van der Waals surface area (Å²) in [6.45, 7) is 3.58. The first-order valence-corrected chi connectivity index (χ1v) is 9.90. The van der Waals surface area contributed by atoms with Crippen LogP contribution in [0.25, 0.3) is 0 Å². The Morgan fingerprint density at radius 1 is 1.04 bits per heavy atom. The highest BCUT2D eigenvalue weighted by Crippen LogP contribution is 2.22. The number of aryl methyl sites for hydroxylation is 1. The number of aromatic nitrogens is 1. The van der Waals surface area contributed by atoms with Gasteiger partial charge in [-0.3, -0.25) is 4.72 Å². The van der Waals surface area contributed by atoms with E-state index in [1.807, 2.05) is 37.3 Å². The average Bonchev–Trinajstić information content (AvgIpc) is 2.63. The van der Waals surface area contributed by atoms with Crippen molar-refractivity contribution in [3.05, 3.63) is 83.8 Å². The molecule has 1 heterocycles. The highest BCUT2D eigenvalue weighted by molar-refractivity contribution is 7.92. The number of nitrogens with zero attached hydrogens (tertiary/aromatic N) is 1. The van der Waals surface area contributed by atoms with Crippen LogP contribution in [0.3, 0.4) is 0 Å². The zero-order chi connectivity index (χ0) is 19.4. The number of nitrogens with one attached hydrogen (secondary N) is 2. The Morgan fingerprint density at radius 3 is 2.41 bits per heavy atom. The summed E-state index contributed by atoms with van der Waals surface area (Å²) in [6, 6.07) is 16.9. The van der Waals surface area contributed by atoms with Crippen LogP contribution in [-0.2, 0) is 10.0 Å². The van der Waals surface area contributed by atoms with Gasteiger partial charge in [0.05, 0.1) is 16.8 Å². The SMILES string of the molecule is Cc1cc(F)ccc1S(=O)(=O)Nc1ccc(NC(C)c2ccccc2)cn1. The molecular weight excluding hydrogens is 365 g/mol. The maximum atomic E-state index is 13.2. The number of hydrogen-bond donors (Lipinski definition) is 2. The van der Waals surface area contributed by atoms with Crippen LogP contribution in [0.2, 0.25) is 0 Å². The molecule has 5 nitrogen and oxygen atoms in total. The maximum absolute atomic E-state index is 13.2. The number of anilines is 2. The summed E-state index contributed by atoms with van der Waals surface area (Å²) < 4.78 is 40.6. The van der Waals surface area contributed by atoms with Gasteiger partial charge in [0.2, 0.25) is 0 Å². The lowest BCUT2D eigenvalue weighted by molar-refractivity contribution is 0.598. The van der Waals surface area contributed by atoms with Crippen molar-refractivity contribution in [3.63, 3.8) is 0 Å². The summed E-state index contributed by atoms with van der Waals surface area (Å²) in [6.07, 6.45) is 1.56. The molecule has 0 bridgehead atoms. The van der Waals surface area contributed by atoms with Crippen LogP contribution in [-0.4, -0.2) is 13.4 Å². The molecule has 27 heavy (non-hydrogen) atoms. The van der Waals surface area contributed by atoms with Crippen LogP contribution < -0.4 is 10.0 Å². The summed E-state index contributed by atoms with van der Waals surface area (Å²) in [5.74, 6) is -0.288. The first-order valence-electron chi connectivity index (χ1n) is 8.42. The fourth-order valence-electron chi connectivity index (χ4n) is 2.72. The standard InChI is InChI=1S/C20H20FN3O2S/c1-14-12-17(21)8-10-19(14)27(25,26)24-20-11-9-18(13-22-20)23-15(2)16-6-4-3-5-7-16/h3-13,15,23H,1-2H3,(H,22,24). The van der Waals surface area contributed by atoms with E-state index in [2.05, 4.69) is 15.0 Å². The minimum atomic E-state index is -3.84. The van der Waals surface area contributed by atoms with E-state index in [0.717, 1.165) is 17.3 Å². The molecule has 0 saturated carbocycles. The highest BCUT2D eigenvalue weighted by atomic mass is 32.2. The first-order chi connectivity index (χ1) is 12.8. The number of halogens is 1.